The molecule has 0 aromatic carbocycles. The molecule has 0 spiro atoms. The number of carboxylic acid groups (broad SMARTS) is 1. The normalized spacial score (nSPS) is 24.1. The van der Waals surface area contributed by atoms with Crippen LogP contribution in [-0.2, 0) is 4.79 Å². The summed E-state index contributed by atoms with van der Waals surface area (Å²) in [6, 6.07) is 0. The molecule has 0 aromatic heterocycles. The topological polar surface area (TPSA) is 57.5 Å². The summed E-state index contributed by atoms with van der Waals surface area (Å²) in [5.41, 5.74) is 0.166. The first kappa shape index (κ1) is 7.02. The van der Waals surface area contributed by atoms with E-state index in [1.54, 1.807) is 6.08 Å². The molecule has 0 fully saturated rings. The van der Waals surface area contributed by atoms with Gasteiger partial charge in [0.25, 0.3) is 0 Å². The lowest BCUT2D eigenvalue weighted by atomic mass is 10.1. The molecule has 1 aliphatic rings. The van der Waals surface area contributed by atoms with Gasteiger partial charge in [0.1, 0.15) is 0 Å². The number of hydrogen-bond donors (Lipinski definition) is 2. The third-order valence-electron chi connectivity index (χ3n) is 1.29. The van der Waals surface area contributed by atoms with Crippen LogP contribution in [-0.4, -0.2) is 22.3 Å². The zero-order valence-electron chi connectivity index (χ0n) is 5.32. The van der Waals surface area contributed by atoms with Gasteiger partial charge in [-0.25, -0.2) is 4.79 Å². The molecule has 1 aliphatic carbocycles. The lowest BCUT2D eigenvalue weighted by Crippen LogP contribution is -2.09. The van der Waals surface area contributed by atoms with Gasteiger partial charge in [0, 0.05) is 0 Å². The second kappa shape index (κ2) is 2.66. The van der Waals surface area contributed by atoms with E-state index >= 15 is 0 Å². The third-order valence-corrected chi connectivity index (χ3v) is 1.29. The van der Waals surface area contributed by atoms with Gasteiger partial charge in [-0.3, -0.25) is 0 Å². The first-order valence-corrected chi connectivity index (χ1v) is 3.00. The predicted octanol–water partition coefficient (Wildman–Crippen LogP) is 0.318. The van der Waals surface area contributed by atoms with Gasteiger partial charge < -0.3 is 10.2 Å². The number of aliphatic carboxylic acids is 1. The number of aliphatic hydroxyl groups excluding tert-OH is 1. The lowest BCUT2D eigenvalue weighted by molar-refractivity contribution is -0.132. The van der Waals surface area contributed by atoms with E-state index in [1.165, 1.54) is 12.2 Å². The van der Waals surface area contributed by atoms with Crippen LogP contribution in [0.5, 0.6) is 0 Å². The Kier molecular flexibility index (Phi) is 1.87. The van der Waals surface area contributed by atoms with E-state index in [0.29, 0.717) is 6.42 Å². The number of carboxylic acids is 1. The van der Waals surface area contributed by atoms with Crippen molar-refractivity contribution in [2.45, 2.75) is 12.5 Å². The summed E-state index contributed by atoms with van der Waals surface area (Å²) in [4.78, 5) is 10.3. The van der Waals surface area contributed by atoms with Crippen LogP contribution in [0.15, 0.2) is 23.8 Å². The monoisotopic (exact) mass is 140 g/mol. The molecule has 0 amide bonds. The molecule has 10 heavy (non-hydrogen) atoms. The molecular formula is C7H8O3. The average Bonchev–Trinajstić information content (AvgIpc) is 1.88. The molecule has 0 radical (unpaired) electrons. The van der Waals surface area contributed by atoms with Crippen molar-refractivity contribution in [3.05, 3.63) is 23.8 Å². The van der Waals surface area contributed by atoms with Crippen molar-refractivity contribution in [2.75, 3.05) is 0 Å². The van der Waals surface area contributed by atoms with Crippen molar-refractivity contribution in [1.29, 1.82) is 0 Å². The van der Waals surface area contributed by atoms with E-state index in [9.17, 15) is 4.79 Å². The largest absolute Gasteiger partial charge is 0.478 e. The molecule has 54 valence electrons. The zero-order chi connectivity index (χ0) is 7.56. The SMILES string of the molecule is O=C(O)C1=C[C@@H](O)CC=C1. The fraction of sp³-hybridized carbons (Fsp3) is 0.286. The Labute approximate surface area is 58.3 Å². The Bertz CT molecular complexity index is 203. The average molecular weight is 140 g/mol. The van der Waals surface area contributed by atoms with E-state index in [1.807, 2.05) is 0 Å². The molecule has 0 saturated carbocycles. The quantitative estimate of drug-likeness (QED) is 0.551. The van der Waals surface area contributed by atoms with Gasteiger partial charge in [0.2, 0.25) is 0 Å². The molecule has 0 heterocycles. The van der Waals surface area contributed by atoms with Gasteiger partial charge in [0.15, 0.2) is 0 Å². The molecule has 0 aliphatic heterocycles. The standard InChI is InChI=1S/C7H8O3/c8-6-3-1-2-5(4-6)7(9)10/h1-2,4,6,8H,3H2,(H,9,10)/t6-/m0/s1. The fourth-order valence-corrected chi connectivity index (χ4v) is 0.808. The molecule has 1 rings (SSSR count). The highest BCUT2D eigenvalue weighted by Crippen LogP contribution is 2.09. The van der Waals surface area contributed by atoms with Crippen LogP contribution < -0.4 is 0 Å². The maximum Gasteiger partial charge on any atom is 0.335 e. The molecule has 3 heteroatoms. The summed E-state index contributed by atoms with van der Waals surface area (Å²) in [5, 5.41) is 17.4. The summed E-state index contributed by atoms with van der Waals surface area (Å²) >= 11 is 0. The van der Waals surface area contributed by atoms with E-state index < -0.39 is 12.1 Å². The van der Waals surface area contributed by atoms with Crippen LogP contribution >= 0.6 is 0 Å². The minimum atomic E-state index is -0.991. The van der Waals surface area contributed by atoms with Gasteiger partial charge in [0.05, 0.1) is 11.7 Å². The van der Waals surface area contributed by atoms with Gasteiger partial charge in [-0.1, -0.05) is 12.2 Å². The molecule has 0 saturated heterocycles. The second-order valence-electron chi connectivity index (χ2n) is 2.13. The molecular weight excluding hydrogens is 132 g/mol. The maximum absolute atomic E-state index is 10.3. The van der Waals surface area contributed by atoms with Crippen molar-refractivity contribution in [1.82, 2.24) is 0 Å². The number of hydrogen-bond acceptors (Lipinski definition) is 2. The molecule has 2 N–H and O–H groups in total. The minimum absolute atomic E-state index is 0.166. The number of rotatable bonds is 1. The highest BCUT2D eigenvalue weighted by atomic mass is 16.4. The van der Waals surface area contributed by atoms with Crippen LogP contribution in [0, 0.1) is 0 Å². The Morgan fingerprint density at radius 3 is 2.80 bits per heavy atom. The van der Waals surface area contributed by atoms with E-state index in [4.69, 9.17) is 10.2 Å². The number of carbonyl (C=O) groups is 1. The van der Waals surface area contributed by atoms with Gasteiger partial charge >= 0.3 is 5.97 Å². The van der Waals surface area contributed by atoms with E-state index in [2.05, 4.69) is 0 Å². The van der Waals surface area contributed by atoms with Crippen LogP contribution in [0.2, 0.25) is 0 Å². The summed E-state index contributed by atoms with van der Waals surface area (Å²) in [5.74, 6) is -0.991. The molecule has 0 unspecified atom stereocenters. The highest BCUT2D eigenvalue weighted by Gasteiger charge is 2.09. The van der Waals surface area contributed by atoms with E-state index in [0.717, 1.165) is 0 Å². The molecule has 3 nitrogen and oxygen atoms in total. The fourth-order valence-electron chi connectivity index (χ4n) is 0.808. The van der Waals surface area contributed by atoms with E-state index in [-0.39, 0.29) is 5.57 Å². The summed E-state index contributed by atoms with van der Waals surface area (Å²) < 4.78 is 0. The van der Waals surface area contributed by atoms with Crippen LogP contribution in [0.4, 0.5) is 0 Å². The van der Waals surface area contributed by atoms with Gasteiger partial charge in [-0.15, -0.1) is 0 Å². The Morgan fingerprint density at radius 1 is 1.70 bits per heavy atom. The summed E-state index contributed by atoms with van der Waals surface area (Å²) in [6.45, 7) is 0. The minimum Gasteiger partial charge on any atom is -0.478 e. The third kappa shape index (κ3) is 1.45. The van der Waals surface area contributed by atoms with Gasteiger partial charge in [-0.2, -0.15) is 0 Å². The van der Waals surface area contributed by atoms with Crippen molar-refractivity contribution >= 4 is 5.97 Å². The Hall–Kier alpha value is -1.09. The Balaban J connectivity index is 2.76. The van der Waals surface area contributed by atoms with Crippen molar-refractivity contribution in [2.24, 2.45) is 0 Å². The predicted molar refractivity (Wildman–Crippen MR) is 35.5 cm³/mol. The summed E-state index contributed by atoms with van der Waals surface area (Å²) in [7, 11) is 0. The highest BCUT2D eigenvalue weighted by molar-refractivity contribution is 5.90. The van der Waals surface area contributed by atoms with Crippen LogP contribution in [0.3, 0.4) is 0 Å². The van der Waals surface area contributed by atoms with Gasteiger partial charge in [-0.05, 0) is 12.5 Å². The van der Waals surface area contributed by atoms with Crippen molar-refractivity contribution in [3.8, 4) is 0 Å². The van der Waals surface area contributed by atoms with Crippen molar-refractivity contribution < 1.29 is 15.0 Å². The summed E-state index contributed by atoms with van der Waals surface area (Å²) in [6.07, 6.45) is 4.36. The second-order valence-corrected chi connectivity index (χ2v) is 2.13. The zero-order valence-corrected chi connectivity index (χ0v) is 5.32. The van der Waals surface area contributed by atoms with Crippen LogP contribution in [0.25, 0.3) is 0 Å². The lowest BCUT2D eigenvalue weighted by Gasteiger charge is -2.07. The smallest absolute Gasteiger partial charge is 0.335 e. The first-order valence-electron chi connectivity index (χ1n) is 3.00. The maximum atomic E-state index is 10.3. The molecule has 0 aromatic rings. The van der Waals surface area contributed by atoms with Crippen LogP contribution in [0.1, 0.15) is 6.42 Å². The van der Waals surface area contributed by atoms with Crippen molar-refractivity contribution in [3.63, 3.8) is 0 Å². The Morgan fingerprint density at radius 2 is 2.40 bits per heavy atom. The number of aliphatic hydroxyl groups is 1. The first-order chi connectivity index (χ1) is 4.70. The molecule has 1 atom stereocenters. The molecule has 0 bridgehead atoms.